The Morgan fingerprint density at radius 1 is 1.47 bits per heavy atom. The monoisotopic (exact) mass is 235 g/mol. The highest BCUT2D eigenvalue weighted by molar-refractivity contribution is 5.81. The van der Waals surface area contributed by atoms with Crippen molar-refractivity contribution in [2.24, 2.45) is 0 Å². The molecule has 1 heterocycles. The van der Waals surface area contributed by atoms with Crippen molar-refractivity contribution in [3.8, 4) is 0 Å². The molecule has 5 N–H and O–H groups in total. The van der Waals surface area contributed by atoms with E-state index in [2.05, 4.69) is 0 Å². The Balaban J connectivity index is 2.03. The fraction of sp³-hybridized carbons (Fsp3) is 0.417. The Kier molecular flexibility index (Phi) is 3.19. The molecule has 1 fully saturated rings. The van der Waals surface area contributed by atoms with Gasteiger partial charge in [0, 0.05) is 24.5 Å². The second kappa shape index (κ2) is 4.63. The standard InChI is InChI=1S/C12H17N3O2/c13-9-2-1-8(11(14)6-9)5-12(17)15-4-3-10(16)7-15/h1-2,6,10,16H,3-5,7,13-14H2. The molecule has 0 aliphatic carbocycles. The third-order valence-electron chi connectivity index (χ3n) is 3.03. The molecule has 5 heteroatoms. The number of carbonyl (C=O) groups excluding carboxylic acids is 1. The van der Waals surface area contributed by atoms with Crippen molar-refractivity contribution in [2.45, 2.75) is 18.9 Å². The summed E-state index contributed by atoms with van der Waals surface area (Å²) in [6.45, 7) is 1.04. The van der Waals surface area contributed by atoms with Gasteiger partial charge >= 0.3 is 0 Å². The van der Waals surface area contributed by atoms with Crippen LogP contribution in [0.4, 0.5) is 11.4 Å². The maximum Gasteiger partial charge on any atom is 0.227 e. The van der Waals surface area contributed by atoms with E-state index in [1.165, 1.54) is 0 Å². The van der Waals surface area contributed by atoms with Gasteiger partial charge < -0.3 is 21.5 Å². The molecular formula is C12H17N3O2. The fourth-order valence-electron chi connectivity index (χ4n) is 2.02. The summed E-state index contributed by atoms with van der Waals surface area (Å²) in [6.07, 6.45) is 0.532. The smallest absolute Gasteiger partial charge is 0.227 e. The number of rotatable bonds is 2. The quantitative estimate of drug-likeness (QED) is 0.628. The van der Waals surface area contributed by atoms with Crippen LogP contribution in [0.5, 0.6) is 0 Å². The number of anilines is 2. The van der Waals surface area contributed by atoms with E-state index in [0.29, 0.717) is 30.9 Å². The van der Waals surface area contributed by atoms with Gasteiger partial charge in [0.1, 0.15) is 0 Å². The molecule has 1 aromatic carbocycles. The summed E-state index contributed by atoms with van der Waals surface area (Å²) in [5, 5.41) is 9.37. The Labute approximate surface area is 100 Å². The van der Waals surface area contributed by atoms with E-state index in [1.54, 1.807) is 23.1 Å². The lowest BCUT2D eigenvalue weighted by Gasteiger charge is -2.16. The number of hydrogen-bond acceptors (Lipinski definition) is 4. The number of nitrogen functional groups attached to an aromatic ring is 2. The lowest BCUT2D eigenvalue weighted by molar-refractivity contribution is -0.129. The Morgan fingerprint density at radius 2 is 2.24 bits per heavy atom. The van der Waals surface area contributed by atoms with Crippen LogP contribution < -0.4 is 11.5 Å². The van der Waals surface area contributed by atoms with E-state index in [-0.39, 0.29) is 18.4 Å². The molecule has 2 rings (SSSR count). The number of nitrogens with zero attached hydrogens (tertiary/aromatic N) is 1. The molecule has 1 saturated heterocycles. The van der Waals surface area contributed by atoms with Crippen molar-refractivity contribution in [1.29, 1.82) is 0 Å². The van der Waals surface area contributed by atoms with E-state index >= 15 is 0 Å². The first-order valence-corrected chi connectivity index (χ1v) is 5.66. The van der Waals surface area contributed by atoms with Crippen molar-refractivity contribution in [2.75, 3.05) is 24.6 Å². The number of aliphatic hydroxyl groups is 1. The molecule has 5 nitrogen and oxygen atoms in total. The van der Waals surface area contributed by atoms with E-state index in [1.807, 2.05) is 0 Å². The van der Waals surface area contributed by atoms with Gasteiger partial charge in [-0.25, -0.2) is 0 Å². The first kappa shape index (κ1) is 11.7. The van der Waals surface area contributed by atoms with Crippen LogP contribution in [0.1, 0.15) is 12.0 Å². The number of benzene rings is 1. The van der Waals surface area contributed by atoms with Gasteiger partial charge in [-0.1, -0.05) is 6.07 Å². The first-order valence-electron chi connectivity index (χ1n) is 5.66. The number of hydrogen-bond donors (Lipinski definition) is 3. The minimum atomic E-state index is -0.386. The molecule has 1 atom stereocenters. The van der Waals surface area contributed by atoms with Crippen molar-refractivity contribution >= 4 is 17.3 Å². The summed E-state index contributed by atoms with van der Waals surface area (Å²) in [5.41, 5.74) is 13.3. The Bertz CT molecular complexity index is 434. The molecule has 0 bridgehead atoms. The maximum atomic E-state index is 11.9. The van der Waals surface area contributed by atoms with Crippen molar-refractivity contribution in [3.05, 3.63) is 23.8 Å². The Morgan fingerprint density at radius 3 is 2.82 bits per heavy atom. The zero-order valence-electron chi connectivity index (χ0n) is 9.60. The van der Waals surface area contributed by atoms with Gasteiger partial charge in [-0.15, -0.1) is 0 Å². The number of nitrogens with two attached hydrogens (primary N) is 2. The zero-order chi connectivity index (χ0) is 12.4. The molecule has 1 aromatic rings. The average molecular weight is 235 g/mol. The number of β-amino-alcohol motifs (C(OH)–C–C–N with tert-alkyl or cyclic N) is 1. The van der Waals surface area contributed by atoms with Gasteiger partial charge in [0.15, 0.2) is 0 Å². The van der Waals surface area contributed by atoms with Crippen LogP contribution in [-0.4, -0.2) is 35.1 Å². The second-order valence-corrected chi connectivity index (χ2v) is 4.42. The predicted molar refractivity (Wildman–Crippen MR) is 66.2 cm³/mol. The number of carbonyl (C=O) groups is 1. The summed E-state index contributed by atoms with van der Waals surface area (Å²) < 4.78 is 0. The number of likely N-dealkylation sites (tertiary alicyclic amines) is 1. The molecule has 1 unspecified atom stereocenters. The van der Waals surface area contributed by atoms with Gasteiger partial charge in [-0.3, -0.25) is 4.79 Å². The molecular weight excluding hydrogens is 218 g/mol. The molecule has 0 aromatic heterocycles. The summed E-state index contributed by atoms with van der Waals surface area (Å²) >= 11 is 0. The molecule has 1 aliphatic heterocycles. The number of amides is 1. The van der Waals surface area contributed by atoms with Gasteiger partial charge in [-0.2, -0.15) is 0 Å². The zero-order valence-corrected chi connectivity index (χ0v) is 9.60. The first-order chi connectivity index (χ1) is 8.06. The van der Waals surface area contributed by atoms with E-state index < -0.39 is 0 Å². The summed E-state index contributed by atoms with van der Waals surface area (Å²) in [6, 6.07) is 5.16. The van der Waals surface area contributed by atoms with Gasteiger partial charge in [0.25, 0.3) is 0 Å². The van der Waals surface area contributed by atoms with E-state index in [9.17, 15) is 9.90 Å². The third kappa shape index (κ3) is 2.68. The molecule has 0 radical (unpaired) electrons. The lowest BCUT2D eigenvalue weighted by Crippen LogP contribution is -2.31. The van der Waals surface area contributed by atoms with Gasteiger partial charge in [-0.05, 0) is 24.1 Å². The van der Waals surface area contributed by atoms with E-state index in [0.717, 1.165) is 5.56 Å². The van der Waals surface area contributed by atoms with Crippen LogP contribution in [-0.2, 0) is 11.2 Å². The largest absolute Gasteiger partial charge is 0.399 e. The minimum absolute atomic E-state index is 0.00183. The highest BCUT2D eigenvalue weighted by Gasteiger charge is 2.24. The second-order valence-electron chi connectivity index (χ2n) is 4.42. The maximum absolute atomic E-state index is 11.9. The van der Waals surface area contributed by atoms with E-state index in [4.69, 9.17) is 11.5 Å². The highest BCUT2D eigenvalue weighted by atomic mass is 16.3. The van der Waals surface area contributed by atoms with Crippen LogP contribution in [0.25, 0.3) is 0 Å². The molecule has 17 heavy (non-hydrogen) atoms. The van der Waals surface area contributed by atoms with Crippen LogP contribution in [0.2, 0.25) is 0 Å². The summed E-state index contributed by atoms with van der Waals surface area (Å²) in [7, 11) is 0. The molecule has 0 spiro atoms. The summed E-state index contributed by atoms with van der Waals surface area (Å²) in [5.74, 6) is -0.00183. The SMILES string of the molecule is Nc1ccc(CC(=O)N2CCC(O)C2)c(N)c1. The van der Waals surface area contributed by atoms with Crippen molar-refractivity contribution < 1.29 is 9.90 Å². The highest BCUT2D eigenvalue weighted by Crippen LogP contribution is 2.18. The van der Waals surface area contributed by atoms with Crippen LogP contribution in [0, 0.1) is 0 Å². The molecule has 1 amide bonds. The fourth-order valence-corrected chi connectivity index (χ4v) is 2.02. The van der Waals surface area contributed by atoms with Crippen LogP contribution in [0.15, 0.2) is 18.2 Å². The molecule has 92 valence electrons. The number of aliphatic hydroxyl groups excluding tert-OH is 1. The van der Waals surface area contributed by atoms with Crippen LogP contribution >= 0.6 is 0 Å². The lowest BCUT2D eigenvalue weighted by atomic mass is 10.1. The van der Waals surface area contributed by atoms with Gasteiger partial charge in [0.05, 0.1) is 12.5 Å². The van der Waals surface area contributed by atoms with Crippen molar-refractivity contribution in [1.82, 2.24) is 4.90 Å². The topological polar surface area (TPSA) is 92.6 Å². The minimum Gasteiger partial charge on any atom is -0.399 e. The third-order valence-corrected chi connectivity index (χ3v) is 3.03. The predicted octanol–water partition coefficient (Wildman–Crippen LogP) is -0.0133. The average Bonchev–Trinajstić information content (AvgIpc) is 2.69. The normalized spacial score (nSPS) is 19.6. The van der Waals surface area contributed by atoms with Crippen LogP contribution in [0.3, 0.4) is 0 Å². The van der Waals surface area contributed by atoms with Gasteiger partial charge in [0.2, 0.25) is 5.91 Å². The summed E-state index contributed by atoms with van der Waals surface area (Å²) in [4.78, 5) is 13.6. The molecule has 1 aliphatic rings. The Hall–Kier alpha value is -1.75. The van der Waals surface area contributed by atoms with Crippen molar-refractivity contribution in [3.63, 3.8) is 0 Å². The molecule has 0 saturated carbocycles.